The summed E-state index contributed by atoms with van der Waals surface area (Å²) in [5.41, 5.74) is 7.00. The number of primary amides is 1. The molecule has 1 amide bonds. The van der Waals surface area contributed by atoms with Crippen LogP contribution in [0.25, 0.3) is 0 Å². The van der Waals surface area contributed by atoms with Crippen LogP contribution in [0.15, 0.2) is 53.4 Å². The molecule has 0 bridgehead atoms. The van der Waals surface area contributed by atoms with E-state index in [4.69, 9.17) is 10.5 Å². The number of carbonyl (C=O) groups excluding carboxylic acids is 1. The van der Waals surface area contributed by atoms with Crippen LogP contribution in [0.1, 0.15) is 12.8 Å². The number of anilines is 2. The third-order valence-corrected chi connectivity index (χ3v) is 7.59. The summed E-state index contributed by atoms with van der Waals surface area (Å²) in [5, 5.41) is 13.7. The molecule has 8 nitrogen and oxygen atoms in total. The van der Waals surface area contributed by atoms with Crippen molar-refractivity contribution < 1.29 is 23.2 Å². The number of nitrogens with two attached hydrogens (primary N) is 1. The molecule has 3 rings (SSSR count). The normalized spacial score (nSPS) is 17.1. The number of hydrogen-bond acceptors (Lipinski definition) is 7. The highest BCUT2D eigenvalue weighted by Gasteiger charge is 2.51. The Bertz CT molecular complexity index is 935. The van der Waals surface area contributed by atoms with E-state index < -0.39 is 20.5 Å². The van der Waals surface area contributed by atoms with Crippen molar-refractivity contribution in [3.63, 3.8) is 0 Å². The summed E-state index contributed by atoms with van der Waals surface area (Å²) in [6, 6.07) is 13.5. The lowest BCUT2D eigenvalue weighted by molar-refractivity contribution is -0.131. The van der Waals surface area contributed by atoms with Crippen molar-refractivity contribution in [3.8, 4) is 5.75 Å². The Kier molecular flexibility index (Phi) is 5.59. The number of nitrogens with zero attached hydrogens (tertiary/aromatic N) is 1. The minimum Gasteiger partial charge on any atom is -0.497 e. The highest BCUT2D eigenvalue weighted by molar-refractivity contribution is 7.93. The zero-order valence-electron chi connectivity index (χ0n) is 15.5. The number of methoxy groups -OCH3 is 1. The maximum atomic E-state index is 13.2. The summed E-state index contributed by atoms with van der Waals surface area (Å²) in [6.45, 7) is 0.137. The van der Waals surface area contributed by atoms with E-state index in [0.29, 0.717) is 5.69 Å². The van der Waals surface area contributed by atoms with Crippen molar-refractivity contribution in [3.05, 3.63) is 48.5 Å². The van der Waals surface area contributed by atoms with E-state index >= 15 is 0 Å². The number of amides is 1. The molecule has 1 saturated heterocycles. The minimum absolute atomic E-state index is 0.0259. The molecule has 0 spiro atoms. The predicted molar refractivity (Wildman–Crippen MR) is 104 cm³/mol. The molecule has 0 radical (unpaired) electrons. The van der Waals surface area contributed by atoms with Crippen molar-refractivity contribution in [2.24, 2.45) is 5.73 Å². The van der Waals surface area contributed by atoms with Crippen molar-refractivity contribution >= 4 is 27.1 Å². The summed E-state index contributed by atoms with van der Waals surface area (Å²) in [5.74, 6) is -0.154. The van der Waals surface area contributed by atoms with E-state index in [0.717, 1.165) is 16.5 Å². The Hall–Kier alpha value is -2.62. The number of benzene rings is 2. The maximum Gasteiger partial charge on any atom is 0.239 e. The molecule has 0 saturated carbocycles. The quantitative estimate of drug-likeness (QED) is 0.671. The second-order valence-corrected chi connectivity index (χ2v) is 8.95. The lowest BCUT2D eigenvalue weighted by atomic mass is 9.96. The van der Waals surface area contributed by atoms with Crippen molar-refractivity contribution in [1.29, 1.82) is 0 Å². The lowest BCUT2D eigenvalue weighted by Crippen LogP contribution is -2.56. The van der Waals surface area contributed by atoms with Crippen LogP contribution < -0.4 is 15.8 Å². The zero-order chi connectivity index (χ0) is 20.4. The number of nitrogens with one attached hydrogen (secondary N) is 1. The van der Waals surface area contributed by atoms with E-state index in [-0.39, 0.29) is 30.8 Å². The van der Waals surface area contributed by atoms with E-state index in [1.54, 1.807) is 19.2 Å². The largest absolute Gasteiger partial charge is 0.497 e. The Morgan fingerprint density at radius 2 is 1.57 bits per heavy atom. The van der Waals surface area contributed by atoms with Gasteiger partial charge in [-0.15, -0.1) is 0 Å². The number of carbonyl (C=O) groups is 1. The van der Waals surface area contributed by atoms with E-state index in [1.165, 1.54) is 12.1 Å². The fraction of sp³-hybridized carbons (Fsp3) is 0.316. The van der Waals surface area contributed by atoms with Gasteiger partial charge >= 0.3 is 0 Å². The molecule has 2 aromatic carbocycles. The Morgan fingerprint density at radius 3 is 2.04 bits per heavy atom. The van der Waals surface area contributed by atoms with Crippen LogP contribution >= 0.6 is 0 Å². The second-order valence-electron chi connectivity index (χ2n) is 6.69. The fourth-order valence-corrected chi connectivity index (χ4v) is 5.22. The molecular weight excluding hydrogens is 382 g/mol. The van der Waals surface area contributed by atoms with E-state index in [1.807, 2.05) is 24.3 Å². The van der Waals surface area contributed by atoms with Gasteiger partial charge in [-0.05, 0) is 61.4 Å². The highest BCUT2D eigenvalue weighted by Crippen LogP contribution is 2.35. The SMILES string of the molecule is COc1ccc(Nc2ccc(S(=O)(=O)C3(C(N)=O)CCN(O)CC3)cc2)cc1. The number of piperidine rings is 1. The molecule has 0 unspecified atom stereocenters. The molecule has 1 fully saturated rings. The van der Waals surface area contributed by atoms with Crippen LogP contribution in [0.2, 0.25) is 0 Å². The van der Waals surface area contributed by atoms with Crippen molar-refractivity contribution in [1.82, 2.24) is 5.06 Å². The third-order valence-electron chi connectivity index (χ3n) is 5.05. The van der Waals surface area contributed by atoms with Gasteiger partial charge in [0.15, 0.2) is 14.6 Å². The molecule has 28 heavy (non-hydrogen) atoms. The molecule has 2 aromatic rings. The Morgan fingerprint density at radius 1 is 1.07 bits per heavy atom. The molecule has 9 heteroatoms. The molecule has 1 heterocycles. The van der Waals surface area contributed by atoms with Gasteiger partial charge in [-0.3, -0.25) is 4.79 Å². The number of sulfone groups is 1. The first-order chi connectivity index (χ1) is 13.3. The van der Waals surface area contributed by atoms with Gasteiger partial charge in [0, 0.05) is 24.5 Å². The molecule has 150 valence electrons. The third kappa shape index (κ3) is 3.68. The van der Waals surface area contributed by atoms with Gasteiger partial charge in [-0.2, -0.15) is 5.06 Å². The van der Waals surface area contributed by atoms with Crippen molar-refractivity contribution in [2.75, 3.05) is 25.5 Å². The fourth-order valence-electron chi connectivity index (χ4n) is 3.29. The summed E-state index contributed by atoms with van der Waals surface area (Å²) in [7, 11) is -2.41. The Balaban J connectivity index is 1.83. The molecule has 0 aliphatic carbocycles. The topological polar surface area (TPSA) is 122 Å². The average Bonchev–Trinajstić information content (AvgIpc) is 2.69. The van der Waals surface area contributed by atoms with Crippen LogP contribution in [-0.4, -0.2) is 49.5 Å². The average molecular weight is 405 g/mol. The smallest absolute Gasteiger partial charge is 0.239 e. The molecule has 1 aliphatic heterocycles. The molecule has 0 aromatic heterocycles. The highest BCUT2D eigenvalue weighted by atomic mass is 32.2. The maximum absolute atomic E-state index is 13.2. The van der Waals surface area contributed by atoms with Crippen LogP contribution in [0.5, 0.6) is 5.75 Å². The van der Waals surface area contributed by atoms with Gasteiger partial charge in [0.25, 0.3) is 0 Å². The number of rotatable bonds is 6. The summed E-state index contributed by atoms with van der Waals surface area (Å²) >= 11 is 0. The summed E-state index contributed by atoms with van der Waals surface area (Å²) in [6.07, 6.45) is -0.0972. The number of ether oxygens (including phenoxy) is 1. The monoisotopic (exact) mass is 405 g/mol. The van der Waals surface area contributed by atoms with Crippen molar-refractivity contribution in [2.45, 2.75) is 22.5 Å². The molecular formula is C19H23N3O5S. The van der Waals surface area contributed by atoms with Gasteiger partial charge in [0.1, 0.15) is 5.75 Å². The molecule has 1 aliphatic rings. The van der Waals surface area contributed by atoms with Gasteiger partial charge in [-0.1, -0.05) is 0 Å². The summed E-state index contributed by atoms with van der Waals surface area (Å²) < 4.78 is 29.7. The molecule has 4 N–H and O–H groups in total. The first kappa shape index (κ1) is 20.1. The number of hydrogen-bond donors (Lipinski definition) is 3. The lowest BCUT2D eigenvalue weighted by Gasteiger charge is -2.36. The van der Waals surface area contributed by atoms with Gasteiger partial charge in [0.2, 0.25) is 5.91 Å². The van der Waals surface area contributed by atoms with Gasteiger partial charge in [0.05, 0.1) is 12.0 Å². The van der Waals surface area contributed by atoms with Crippen LogP contribution in [-0.2, 0) is 14.6 Å². The van der Waals surface area contributed by atoms with Crippen LogP contribution in [0.4, 0.5) is 11.4 Å². The first-order valence-corrected chi connectivity index (χ1v) is 10.3. The second kappa shape index (κ2) is 7.78. The Labute approximate surface area is 163 Å². The standard InChI is InChI=1S/C19H23N3O5S/c1-27-16-6-2-14(3-7-16)21-15-4-8-17(9-5-15)28(25,26)19(18(20)23)10-12-22(24)13-11-19/h2-9,21,24H,10-13H2,1H3,(H2,20,23). The zero-order valence-corrected chi connectivity index (χ0v) is 16.3. The molecule has 0 atom stereocenters. The minimum atomic E-state index is -4.00. The van der Waals surface area contributed by atoms with Crippen LogP contribution in [0, 0.1) is 0 Å². The predicted octanol–water partition coefficient (Wildman–Crippen LogP) is 1.92. The first-order valence-electron chi connectivity index (χ1n) is 8.78. The van der Waals surface area contributed by atoms with Crippen LogP contribution in [0.3, 0.4) is 0 Å². The van der Waals surface area contributed by atoms with Gasteiger partial charge in [-0.25, -0.2) is 8.42 Å². The van der Waals surface area contributed by atoms with Gasteiger partial charge < -0.3 is 21.0 Å². The summed E-state index contributed by atoms with van der Waals surface area (Å²) in [4.78, 5) is 12.1. The van der Waals surface area contributed by atoms with E-state index in [9.17, 15) is 18.4 Å². The van der Waals surface area contributed by atoms with E-state index in [2.05, 4.69) is 5.32 Å². The number of hydroxylamine groups is 2.